The molecule has 0 bridgehead atoms. The van der Waals surface area contributed by atoms with E-state index in [1.807, 2.05) is 18.2 Å². The van der Waals surface area contributed by atoms with Crippen LogP contribution in [0, 0.1) is 0 Å². The number of H-pyrrole nitrogens is 1. The Kier molecular flexibility index (Phi) is 10.4. The molecule has 1 aromatic carbocycles. The summed E-state index contributed by atoms with van der Waals surface area (Å²) in [7, 11) is 0. The maximum Gasteiger partial charge on any atom is 1.00 e. The second kappa shape index (κ2) is 12.0. The number of carbonyl (C=O) groups is 2. The molecule has 0 atom stereocenters. The average Bonchev–Trinajstić information content (AvgIpc) is 3.10. The predicted octanol–water partition coefficient (Wildman–Crippen LogP) is -2.16. The maximum absolute atomic E-state index is 10.9. The molecule has 0 fully saturated rings. The number of anilines is 1. The van der Waals surface area contributed by atoms with Crippen molar-refractivity contribution in [3.63, 3.8) is 0 Å². The average molecular weight is 440 g/mol. The van der Waals surface area contributed by atoms with E-state index in [9.17, 15) is 14.7 Å². The Labute approximate surface area is 216 Å². The fourth-order valence-corrected chi connectivity index (χ4v) is 2.59. The van der Waals surface area contributed by atoms with Gasteiger partial charge in [0.25, 0.3) is 0 Å². The molecule has 1 aliphatic rings. The zero-order valence-corrected chi connectivity index (χ0v) is 19.1. The Morgan fingerprint density at radius 3 is 2.57 bits per heavy atom. The molecule has 3 aromatic rings. The summed E-state index contributed by atoms with van der Waals surface area (Å²) in [5, 5.41) is 13.3. The van der Waals surface area contributed by atoms with Crippen molar-refractivity contribution in [2.75, 3.05) is 18.5 Å². The molecule has 1 aliphatic heterocycles. The number of nitrogens with zero attached hydrogens (tertiary/aromatic N) is 2. The molecule has 1 amide bonds. The second-order valence-electron chi connectivity index (χ2n) is 5.80. The van der Waals surface area contributed by atoms with E-state index in [0.717, 1.165) is 23.4 Å². The number of aromatic nitrogens is 3. The van der Waals surface area contributed by atoms with E-state index >= 15 is 0 Å². The summed E-state index contributed by atoms with van der Waals surface area (Å²) < 4.78 is 10.7. The molecule has 154 valence electrons. The zero-order valence-electron chi connectivity index (χ0n) is 16.0. The number of carboxylic acid groups (broad SMARTS) is 1. The van der Waals surface area contributed by atoms with Crippen molar-refractivity contribution in [1.82, 2.24) is 15.0 Å². The number of hydrogen-bond acceptors (Lipinski definition) is 8. The quantitative estimate of drug-likeness (QED) is 0.390. The van der Waals surface area contributed by atoms with E-state index in [-0.39, 0.29) is 75.9 Å². The summed E-state index contributed by atoms with van der Waals surface area (Å²) in [6.45, 7) is 3.15. The number of benzene rings is 1. The number of nitrogens with one attached hydrogen (secondary N) is 2. The third-order valence-electron chi connectivity index (χ3n) is 3.81. The number of hydrogen-bond donors (Lipinski definition) is 3. The topological polar surface area (TPSA) is 155 Å². The monoisotopic (exact) mass is 439 g/mol. The Hall–Kier alpha value is -2.02. The second-order valence-corrected chi connectivity index (χ2v) is 5.80. The van der Waals surface area contributed by atoms with Gasteiger partial charge in [-0.3, -0.25) is 4.79 Å². The number of nitrogens with two attached hydrogens (primary N) is 1. The number of rotatable bonds is 3. The molecular weight excluding hydrogens is 417 g/mol. The van der Waals surface area contributed by atoms with Crippen LogP contribution in [0.1, 0.15) is 30.4 Å². The van der Waals surface area contributed by atoms with Gasteiger partial charge in [0.05, 0.1) is 17.2 Å². The van der Waals surface area contributed by atoms with E-state index in [1.165, 1.54) is 13.1 Å². The van der Waals surface area contributed by atoms with Crippen molar-refractivity contribution in [1.29, 1.82) is 0 Å². The molecule has 0 saturated carbocycles. The standard InChI is InChI=1S/C9H8N4O3.C9H11NO2.CH4.K/c1-4(14)13-5-2-10-7-6(5)11-3-12-8(7)9(15)16;10-6-7-1-2-8-9(5-7)12-4-3-11-8;;/h2-3,10H,1H3,(H,13,14)(H,15,16);1-2,5H,3-4,6,10H2;1H4;/q;;;+1/p-1. The molecule has 4 N–H and O–H groups in total. The first kappa shape index (κ1) is 26.0. The van der Waals surface area contributed by atoms with Crippen molar-refractivity contribution in [3.05, 3.63) is 42.0 Å². The fraction of sp³-hybridized carbons (Fsp3) is 0.263. The van der Waals surface area contributed by atoms with Gasteiger partial charge < -0.3 is 35.4 Å². The number of aromatic carboxylic acids is 1. The van der Waals surface area contributed by atoms with Crippen LogP contribution in [0.25, 0.3) is 11.0 Å². The maximum atomic E-state index is 10.9. The van der Waals surface area contributed by atoms with E-state index in [4.69, 9.17) is 15.2 Å². The minimum absolute atomic E-state index is 0. The Morgan fingerprint density at radius 1 is 1.23 bits per heavy atom. The molecule has 30 heavy (non-hydrogen) atoms. The molecule has 0 spiro atoms. The van der Waals surface area contributed by atoms with Crippen molar-refractivity contribution in [2.45, 2.75) is 20.9 Å². The number of fused-ring (bicyclic) bond motifs is 2. The zero-order chi connectivity index (χ0) is 20.1. The number of aromatic amines is 1. The molecule has 0 radical (unpaired) electrons. The SMILES string of the molecule is C.CC(=O)Nc1c[nH]c2c(C(=O)[O-])ncnc12.NCc1ccc2c(c1)OCCO2.[K+]. The van der Waals surface area contributed by atoms with Crippen molar-refractivity contribution < 1.29 is 75.6 Å². The van der Waals surface area contributed by atoms with Crippen molar-refractivity contribution in [2.24, 2.45) is 5.73 Å². The van der Waals surface area contributed by atoms with Gasteiger partial charge in [-0.25, -0.2) is 9.97 Å². The molecule has 4 rings (SSSR count). The van der Waals surface area contributed by atoms with Crippen LogP contribution in [0.4, 0.5) is 5.69 Å². The minimum Gasteiger partial charge on any atom is -0.543 e. The summed E-state index contributed by atoms with van der Waals surface area (Å²) >= 11 is 0. The van der Waals surface area contributed by atoms with Crippen LogP contribution < -0.4 is 77.0 Å². The normalized spacial score (nSPS) is 11.3. The third-order valence-corrected chi connectivity index (χ3v) is 3.81. The molecule has 11 heteroatoms. The first-order valence-electron chi connectivity index (χ1n) is 8.39. The van der Waals surface area contributed by atoms with Gasteiger partial charge in [0, 0.05) is 19.7 Å². The number of ether oxygens (including phenoxy) is 2. The number of carboxylic acids is 1. The molecule has 0 unspecified atom stereocenters. The summed E-state index contributed by atoms with van der Waals surface area (Å²) in [5.74, 6) is -0.0409. The van der Waals surface area contributed by atoms with Crippen LogP contribution in [0.5, 0.6) is 11.5 Å². The minimum atomic E-state index is -1.40. The van der Waals surface area contributed by atoms with Crippen LogP contribution in [-0.4, -0.2) is 40.0 Å². The smallest absolute Gasteiger partial charge is 0.543 e. The number of carbonyl (C=O) groups excluding carboxylic acids is 2. The number of amides is 1. The van der Waals surface area contributed by atoms with Crippen LogP contribution in [0.15, 0.2) is 30.7 Å². The fourth-order valence-electron chi connectivity index (χ4n) is 2.59. The Morgan fingerprint density at radius 2 is 1.93 bits per heavy atom. The molecule has 0 saturated heterocycles. The summed E-state index contributed by atoms with van der Waals surface area (Å²) in [6, 6.07) is 5.78. The van der Waals surface area contributed by atoms with Crippen molar-refractivity contribution >= 4 is 28.6 Å². The van der Waals surface area contributed by atoms with E-state index < -0.39 is 5.97 Å². The van der Waals surface area contributed by atoms with Crippen LogP contribution in [-0.2, 0) is 11.3 Å². The van der Waals surface area contributed by atoms with Gasteiger partial charge >= 0.3 is 51.4 Å². The van der Waals surface area contributed by atoms with Gasteiger partial charge in [-0.15, -0.1) is 0 Å². The predicted molar refractivity (Wildman–Crippen MR) is 105 cm³/mol. The van der Waals surface area contributed by atoms with E-state index in [2.05, 4.69) is 20.3 Å². The van der Waals surface area contributed by atoms with Gasteiger partial charge in [0.2, 0.25) is 5.91 Å². The van der Waals surface area contributed by atoms with Gasteiger partial charge in [-0.1, -0.05) is 13.5 Å². The molecule has 10 nitrogen and oxygen atoms in total. The molecule has 0 aliphatic carbocycles. The van der Waals surface area contributed by atoms with E-state index in [1.54, 1.807) is 0 Å². The van der Waals surface area contributed by atoms with Crippen LogP contribution >= 0.6 is 0 Å². The summed E-state index contributed by atoms with van der Waals surface area (Å²) in [5.41, 5.74) is 7.30. The van der Waals surface area contributed by atoms with Gasteiger partial charge in [-0.05, 0) is 17.7 Å². The van der Waals surface area contributed by atoms with Crippen LogP contribution in [0.2, 0.25) is 0 Å². The van der Waals surface area contributed by atoms with Crippen LogP contribution in [0.3, 0.4) is 0 Å². The van der Waals surface area contributed by atoms with Gasteiger partial charge in [0.1, 0.15) is 30.8 Å². The summed E-state index contributed by atoms with van der Waals surface area (Å²) in [6.07, 6.45) is 2.56. The van der Waals surface area contributed by atoms with E-state index in [0.29, 0.717) is 31.0 Å². The molecule has 3 heterocycles. The first-order chi connectivity index (χ1) is 13.5. The van der Waals surface area contributed by atoms with Gasteiger partial charge in [0.15, 0.2) is 11.5 Å². The molecule has 2 aromatic heterocycles. The van der Waals surface area contributed by atoms with Crippen molar-refractivity contribution in [3.8, 4) is 11.5 Å². The Bertz CT molecular complexity index is 1020. The third kappa shape index (κ3) is 6.24. The van der Waals surface area contributed by atoms with Gasteiger partial charge in [-0.2, -0.15) is 0 Å². The first-order valence-corrected chi connectivity index (χ1v) is 8.39. The Balaban J connectivity index is 0.000000290. The summed E-state index contributed by atoms with van der Waals surface area (Å²) in [4.78, 5) is 31.8. The molecular formula is C19H22KN5O5. The largest absolute Gasteiger partial charge is 1.00 e.